The van der Waals surface area contributed by atoms with Crippen molar-refractivity contribution in [1.29, 1.82) is 0 Å². The molecule has 1 aromatic heterocycles. The van der Waals surface area contributed by atoms with Gasteiger partial charge in [-0.1, -0.05) is 6.92 Å². The molecule has 1 atom stereocenters. The van der Waals surface area contributed by atoms with Crippen LogP contribution >= 0.6 is 0 Å². The number of benzene rings is 1. The Morgan fingerprint density at radius 3 is 2.61 bits per heavy atom. The van der Waals surface area contributed by atoms with Crippen molar-refractivity contribution in [3.05, 3.63) is 42.6 Å². The predicted octanol–water partition coefficient (Wildman–Crippen LogP) is 4.16. The van der Waals surface area contributed by atoms with Crippen LogP contribution in [0, 0.1) is 5.82 Å². The first-order chi connectivity index (χ1) is 10.8. The number of ether oxygens (including phenoxy) is 1. The average molecular weight is 319 g/mol. The normalized spacial score (nSPS) is 12.7. The second-order valence-electron chi connectivity index (χ2n) is 6.44. The Morgan fingerprint density at radius 1 is 1.30 bits per heavy atom. The Bertz CT molecular complexity index is 659. The third-order valence-electron chi connectivity index (χ3n) is 3.17. The maximum atomic E-state index is 13.8. The summed E-state index contributed by atoms with van der Waals surface area (Å²) < 4.78 is 24.6. The number of nitrogens with one attached hydrogen (secondary N) is 1. The second kappa shape index (κ2) is 6.86. The molecule has 0 aliphatic rings. The Morgan fingerprint density at radius 2 is 2.04 bits per heavy atom. The molecule has 2 aromatic rings. The minimum atomic E-state index is -0.673. The zero-order chi connectivity index (χ0) is 17.0. The van der Waals surface area contributed by atoms with E-state index in [0.29, 0.717) is 17.7 Å². The smallest absolute Gasteiger partial charge is 0.261 e. The van der Waals surface area contributed by atoms with Gasteiger partial charge in [0.1, 0.15) is 11.6 Å². The fourth-order valence-electron chi connectivity index (χ4n) is 2.16. The summed E-state index contributed by atoms with van der Waals surface area (Å²) in [4.78, 5) is 12.2. The standard InChI is InChI=1S/C18H22FNO3/c1-5-16(17(21)20-18(2,3)4)23-15-9-13(8-14(19)10-15)12-6-7-22-11-12/h6-11,16H,5H2,1-4H3,(H,20,21). The van der Waals surface area contributed by atoms with Gasteiger partial charge in [0.15, 0.2) is 6.10 Å². The summed E-state index contributed by atoms with van der Waals surface area (Å²) in [5, 5.41) is 2.87. The summed E-state index contributed by atoms with van der Waals surface area (Å²) in [5.74, 6) is -0.323. The predicted molar refractivity (Wildman–Crippen MR) is 86.7 cm³/mol. The van der Waals surface area contributed by atoms with Crippen LogP contribution in [0.25, 0.3) is 11.1 Å². The molecule has 1 N–H and O–H groups in total. The van der Waals surface area contributed by atoms with Gasteiger partial charge < -0.3 is 14.5 Å². The zero-order valence-electron chi connectivity index (χ0n) is 13.9. The highest BCUT2D eigenvalue weighted by molar-refractivity contribution is 5.81. The van der Waals surface area contributed by atoms with Gasteiger partial charge in [-0.25, -0.2) is 4.39 Å². The fraction of sp³-hybridized carbons (Fsp3) is 0.389. The van der Waals surface area contributed by atoms with Gasteiger partial charge in [0.05, 0.1) is 12.5 Å². The number of carbonyl (C=O) groups is 1. The Balaban J connectivity index is 2.19. The number of rotatable bonds is 5. The maximum Gasteiger partial charge on any atom is 0.261 e. The van der Waals surface area contributed by atoms with Crippen LogP contribution in [-0.4, -0.2) is 17.6 Å². The monoisotopic (exact) mass is 319 g/mol. The van der Waals surface area contributed by atoms with Gasteiger partial charge in [0, 0.05) is 17.2 Å². The topological polar surface area (TPSA) is 51.5 Å². The van der Waals surface area contributed by atoms with Crippen LogP contribution in [0.15, 0.2) is 41.2 Å². The molecule has 0 aliphatic carbocycles. The van der Waals surface area contributed by atoms with Crippen LogP contribution in [0.4, 0.5) is 4.39 Å². The van der Waals surface area contributed by atoms with E-state index in [4.69, 9.17) is 9.15 Å². The first-order valence-corrected chi connectivity index (χ1v) is 7.60. The van der Waals surface area contributed by atoms with Gasteiger partial charge in [0.2, 0.25) is 0 Å². The molecular weight excluding hydrogens is 297 g/mol. The van der Waals surface area contributed by atoms with E-state index in [1.807, 2.05) is 27.7 Å². The summed E-state index contributed by atoms with van der Waals surface area (Å²) in [6, 6.07) is 6.10. The van der Waals surface area contributed by atoms with E-state index in [9.17, 15) is 9.18 Å². The highest BCUT2D eigenvalue weighted by Crippen LogP contribution is 2.27. The summed E-state index contributed by atoms with van der Waals surface area (Å²) in [6.07, 6.45) is 2.86. The third-order valence-corrected chi connectivity index (χ3v) is 3.17. The molecule has 0 spiro atoms. The zero-order valence-corrected chi connectivity index (χ0v) is 13.9. The summed E-state index contributed by atoms with van der Waals surface area (Å²) in [5.41, 5.74) is 1.04. The minimum absolute atomic E-state index is 0.214. The van der Waals surface area contributed by atoms with Crippen molar-refractivity contribution in [3.8, 4) is 16.9 Å². The molecule has 0 fully saturated rings. The molecule has 0 saturated heterocycles. The number of hydrogen-bond acceptors (Lipinski definition) is 3. The van der Waals surface area contributed by atoms with Gasteiger partial charge in [-0.15, -0.1) is 0 Å². The molecule has 1 unspecified atom stereocenters. The molecule has 5 heteroatoms. The molecule has 124 valence electrons. The first kappa shape index (κ1) is 17.1. The number of halogens is 1. The van der Waals surface area contributed by atoms with E-state index >= 15 is 0 Å². The van der Waals surface area contributed by atoms with Crippen molar-refractivity contribution in [2.45, 2.75) is 45.8 Å². The summed E-state index contributed by atoms with van der Waals surface area (Å²) >= 11 is 0. The van der Waals surface area contributed by atoms with Gasteiger partial charge in [-0.3, -0.25) is 4.79 Å². The first-order valence-electron chi connectivity index (χ1n) is 7.60. The largest absolute Gasteiger partial charge is 0.480 e. The Kier molecular flexibility index (Phi) is 5.08. The summed E-state index contributed by atoms with van der Waals surface area (Å²) in [7, 11) is 0. The van der Waals surface area contributed by atoms with Crippen molar-refractivity contribution in [2.24, 2.45) is 0 Å². The molecule has 23 heavy (non-hydrogen) atoms. The van der Waals surface area contributed by atoms with E-state index < -0.39 is 11.9 Å². The molecule has 1 heterocycles. The minimum Gasteiger partial charge on any atom is -0.480 e. The van der Waals surface area contributed by atoms with Crippen LogP contribution in [-0.2, 0) is 4.79 Å². The van der Waals surface area contributed by atoms with Crippen LogP contribution in [0.2, 0.25) is 0 Å². The lowest BCUT2D eigenvalue weighted by Crippen LogP contribution is -2.47. The van der Waals surface area contributed by atoms with Gasteiger partial charge in [-0.2, -0.15) is 0 Å². The van der Waals surface area contributed by atoms with E-state index in [1.165, 1.54) is 24.7 Å². The van der Waals surface area contributed by atoms with Gasteiger partial charge in [0.25, 0.3) is 5.91 Å². The Hall–Kier alpha value is -2.30. The Labute approximate surface area is 135 Å². The van der Waals surface area contributed by atoms with E-state index in [1.54, 1.807) is 12.1 Å². The lowest BCUT2D eigenvalue weighted by Gasteiger charge is -2.25. The molecule has 0 saturated carbocycles. The molecule has 0 bridgehead atoms. The average Bonchev–Trinajstić information content (AvgIpc) is 2.96. The molecular formula is C18H22FNO3. The van der Waals surface area contributed by atoms with Crippen molar-refractivity contribution < 1.29 is 18.3 Å². The third kappa shape index (κ3) is 4.84. The van der Waals surface area contributed by atoms with Gasteiger partial charge in [-0.05, 0) is 51.0 Å². The lowest BCUT2D eigenvalue weighted by molar-refractivity contribution is -0.129. The lowest BCUT2D eigenvalue weighted by atomic mass is 10.1. The van der Waals surface area contributed by atoms with E-state index in [-0.39, 0.29) is 11.4 Å². The molecule has 0 aliphatic heterocycles. The number of amides is 1. The van der Waals surface area contributed by atoms with Crippen LogP contribution < -0.4 is 10.1 Å². The van der Waals surface area contributed by atoms with Crippen LogP contribution in [0.3, 0.4) is 0 Å². The quantitative estimate of drug-likeness (QED) is 0.900. The molecule has 4 nitrogen and oxygen atoms in total. The number of hydrogen-bond donors (Lipinski definition) is 1. The van der Waals surface area contributed by atoms with Crippen LogP contribution in [0.1, 0.15) is 34.1 Å². The second-order valence-corrected chi connectivity index (χ2v) is 6.44. The summed E-state index contributed by atoms with van der Waals surface area (Å²) in [6.45, 7) is 7.55. The van der Waals surface area contributed by atoms with E-state index in [2.05, 4.69) is 5.32 Å². The van der Waals surface area contributed by atoms with Crippen molar-refractivity contribution in [3.63, 3.8) is 0 Å². The highest BCUT2D eigenvalue weighted by Gasteiger charge is 2.23. The highest BCUT2D eigenvalue weighted by atomic mass is 19.1. The maximum absolute atomic E-state index is 13.8. The van der Waals surface area contributed by atoms with E-state index in [0.717, 1.165) is 5.56 Å². The van der Waals surface area contributed by atoms with Crippen molar-refractivity contribution in [1.82, 2.24) is 5.32 Å². The fourth-order valence-corrected chi connectivity index (χ4v) is 2.16. The number of carbonyl (C=O) groups excluding carboxylic acids is 1. The SMILES string of the molecule is CCC(Oc1cc(F)cc(-c2ccoc2)c1)C(=O)NC(C)(C)C. The molecule has 2 rings (SSSR count). The number of furan rings is 1. The molecule has 1 aromatic carbocycles. The van der Waals surface area contributed by atoms with Gasteiger partial charge >= 0.3 is 0 Å². The van der Waals surface area contributed by atoms with Crippen molar-refractivity contribution in [2.75, 3.05) is 0 Å². The van der Waals surface area contributed by atoms with Crippen molar-refractivity contribution >= 4 is 5.91 Å². The van der Waals surface area contributed by atoms with Crippen LogP contribution in [0.5, 0.6) is 5.75 Å². The molecule has 0 radical (unpaired) electrons. The molecule has 1 amide bonds.